The quantitative estimate of drug-likeness (QED) is 0.388. The zero-order valence-corrected chi connectivity index (χ0v) is 5.92. The van der Waals surface area contributed by atoms with Crippen LogP contribution in [-0.2, 0) is 9.53 Å². The average molecular weight is 145 g/mol. The van der Waals surface area contributed by atoms with Gasteiger partial charge in [0.2, 0.25) is 0 Å². The summed E-state index contributed by atoms with van der Waals surface area (Å²) in [5.74, 6) is -0.280. The maximum absolute atomic E-state index is 10.7. The van der Waals surface area contributed by atoms with Gasteiger partial charge in [-0.1, -0.05) is 0 Å². The molecule has 4 heteroatoms. The van der Waals surface area contributed by atoms with E-state index in [0.717, 1.165) is 6.42 Å². The summed E-state index contributed by atoms with van der Waals surface area (Å²) in [6.07, 6.45) is 1.13. The summed E-state index contributed by atoms with van der Waals surface area (Å²) in [7, 11) is 1.34. The highest BCUT2D eigenvalue weighted by Crippen LogP contribution is 2.00. The van der Waals surface area contributed by atoms with E-state index in [0.29, 0.717) is 6.54 Å². The summed E-state index contributed by atoms with van der Waals surface area (Å²) in [6.45, 7) is 0.641. The standard InChI is InChI=1S/C6H11NO3/c1-10-6(8)4-5-2-3-7(5)9/h5,7H,2-4H2,1H3. The lowest BCUT2D eigenvalue weighted by Gasteiger charge is -2.39. The van der Waals surface area contributed by atoms with E-state index in [4.69, 9.17) is 0 Å². The number of methoxy groups -OCH3 is 1. The highest BCUT2D eigenvalue weighted by Gasteiger charge is 2.28. The van der Waals surface area contributed by atoms with Crippen molar-refractivity contribution in [1.29, 1.82) is 0 Å². The second kappa shape index (κ2) is 2.98. The van der Waals surface area contributed by atoms with Gasteiger partial charge in [0.15, 0.2) is 0 Å². The third-order valence-corrected chi connectivity index (χ3v) is 1.84. The highest BCUT2D eigenvalue weighted by atomic mass is 16.5. The molecule has 1 aliphatic rings. The Balaban J connectivity index is 2.19. The Morgan fingerprint density at radius 3 is 2.90 bits per heavy atom. The molecular weight excluding hydrogens is 134 g/mol. The van der Waals surface area contributed by atoms with Gasteiger partial charge in [-0.25, -0.2) is 0 Å². The van der Waals surface area contributed by atoms with Crippen molar-refractivity contribution in [3.05, 3.63) is 5.21 Å². The number of carbonyl (C=O) groups excluding carboxylic acids is 1. The van der Waals surface area contributed by atoms with Crippen molar-refractivity contribution < 1.29 is 14.6 Å². The predicted octanol–water partition coefficient (Wildman–Crippen LogP) is -1.30. The number of carbonyl (C=O) groups is 1. The SMILES string of the molecule is COC(=O)CC1CC[NH+]1[O-]. The zero-order chi connectivity index (χ0) is 7.56. The van der Waals surface area contributed by atoms with Crippen LogP contribution in [0.1, 0.15) is 12.8 Å². The van der Waals surface area contributed by atoms with Crippen LogP contribution in [0.4, 0.5) is 0 Å². The molecule has 0 saturated carbocycles. The molecule has 1 fully saturated rings. The van der Waals surface area contributed by atoms with Gasteiger partial charge in [-0.15, -0.1) is 0 Å². The molecule has 2 atom stereocenters. The van der Waals surface area contributed by atoms with Crippen molar-refractivity contribution in [3.8, 4) is 0 Å². The van der Waals surface area contributed by atoms with Crippen LogP contribution in [0.25, 0.3) is 0 Å². The van der Waals surface area contributed by atoms with Gasteiger partial charge in [-0.3, -0.25) is 4.79 Å². The van der Waals surface area contributed by atoms with Crippen LogP contribution in [-0.4, -0.2) is 25.7 Å². The first-order chi connectivity index (χ1) is 4.74. The van der Waals surface area contributed by atoms with E-state index in [9.17, 15) is 10.0 Å². The molecule has 0 aromatic rings. The van der Waals surface area contributed by atoms with Crippen LogP contribution in [0.15, 0.2) is 0 Å². The molecule has 0 bridgehead atoms. The van der Waals surface area contributed by atoms with Crippen molar-refractivity contribution in [2.75, 3.05) is 13.7 Å². The van der Waals surface area contributed by atoms with E-state index in [1.54, 1.807) is 0 Å². The Hall–Kier alpha value is -0.610. The molecule has 10 heavy (non-hydrogen) atoms. The number of quaternary nitrogens is 1. The lowest BCUT2D eigenvalue weighted by Crippen LogP contribution is -3.18. The largest absolute Gasteiger partial charge is 0.634 e. The lowest BCUT2D eigenvalue weighted by atomic mass is 10.0. The predicted molar refractivity (Wildman–Crippen MR) is 34.2 cm³/mol. The number of hydroxylamine groups is 2. The van der Waals surface area contributed by atoms with E-state index >= 15 is 0 Å². The van der Waals surface area contributed by atoms with Crippen LogP contribution in [0.3, 0.4) is 0 Å². The number of rotatable bonds is 2. The summed E-state index contributed by atoms with van der Waals surface area (Å²) in [5, 5.41) is 10.9. The molecule has 1 N–H and O–H groups in total. The van der Waals surface area contributed by atoms with Crippen LogP contribution < -0.4 is 5.06 Å². The molecule has 58 valence electrons. The highest BCUT2D eigenvalue weighted by molar-refractivity contribution is 5.69. The molecule has 0 aromatic heterocycles. The van der Waals surface area contributed by atoms with Gasteiger partial charge in [-0.2, -0.15) is 0 Å². The third-order valence-electron chi connectivity index (χ3n) is 1.84. The van der Waals surface area contributed by atoms with Gasteiger partial charge in [-0.05, 0) is 0 Å². The molecule has 1 heterocycles. The normalized spacial score (nSPS) is 31.0. The maximum Gasteiger partial charge on any atom is 0.311 e. The first kappa shape index (κ1) is 7.50. The fourth-order valence-electron chi connectivity index (χ4n) is 0.967. The summed E-state index contributed by atoms with van der Waals surface area (Å²) < 4.78 is 4.41. The van der Waals surface area contributed by atoms with Crippen molar-refractivity contribution in [2.45, 2.75) is 18.9 Å². The van der Waals surface area contributed by atoms with Crippen LogP contribution >= 0.6 is 0 Å². The first-order valence-corrected chi connectivity index (χ1v) is 3.33. The second-order valence-electron chi connectivity index (χ2n) is 2.48. The Kier molecular flexibility index (Phi) is 2.24. The molecule has 1 rings (SSSR count). The minimum Gasteiger partial charge on any atom is -0.634 e. The second-order valence-corrected chi connectivity index (χ2v) is 2.48. The molecular formula is C6H11NO3. The summed E-state index contributed by atoms with van der Waals surface area (Å²) in [6, 6.07) is -0.0348. The fourth-order valence-corrected chi connectivity index (χ4v) is 0.967. The topological polar surface area (TPSA) is 53.8 Å². The number of nitrogens with one attached hydrogen (secondary N) is 1. The van der Waals surface area contributed by atoms with Gasteiger partial charge >= 0.3 is 5.97 Å². The third kappa shape index (κ3) is 1.46. The molecule has 1 aliphatic heterocycles. The Morgan fingerprint density at radius 2 is 2.60 bits per heavy atom. The summed E-state index contributed by atoms with van der Waals surface area (Å²) in [5.41, 5.74) is 0. The Morgan fingerprint density at radius 1 is 1.90 bits per heavy atom. The van der Waals surface area contributed by atoms with Gasteiger partial charge in [0, 0.05) is 6.42 Å². The van der Waals surface area contributed by atoms with Crippen molar-refractivity contribution in [1.82, 2.24) is 0 Å². The smallest absolute Gasteiger partial charge is 0.311 e. The van der Waals surface area contributed by atoms with E-state index < -0.39 is 0 Å². The van der Waals surface area contributed by atoms with Gasteiger partial charge in [0.25, 0.3) is 0 Å². The fraction of sp³-hybridized carbons (Fsp3) is 0.833. The van der Waals surface area contributed by atoms with E-state index in [2.05, 4.69) is 4.74 Å². The van der Waals surface area contributed by atoms with Gasteiger partial charge in [0.05, 0.1) is 20.1 Å². The van der Waals surface area contributed by atoms with E-state index in [-0.39, 0.29) is 23.5 Å². The monoisotopic (exact) mass is 145 g/mol. The molecule has 0 amide bonds. The first-order valence-electron chi connectivity index (χ1n) is 3.33. The summed E-state index contributed by atoms with van der Waals surface area (Å²) >= 11 is 0. The molecule has 2 unspecified atom stereocenters. The van der Waals surface area contributed by atoms with E-state index in [1.165, 1.54) is 7.11 Å². The number of hydrogen-bond donors (Lipinski definition) is 1. The number of esters is 1. The van der Waals surface area contributed by atoms with Crippen LogP contribution in [0, 0.1) is 5.21 Å². The molecule has 0 aliphatic carbocycles. The van der Waals surface area contributed by atoms with E-state index in [1.807, 2.05) is 0 Å². The van der Waals surface area contributed by atoms with Crippen LogP contribution in [0.5, 0.6) is 0 Å². The maximum atomic E-state index is 10.7. The lowest BCUT2D eigenvalue weighted by molar-refractivity contribution is -0.919. The van der Waals surface area contributed by atoms with Gasteiger partial charge < -0.3 is 15.0 Å². The number of hydrogen-bond acceptors (Lipinski definition) is 3. The zero-order valence-electron chi connectivity index (χ0n) is 5.92. The van der Waals surface area contributed by atoms with Crippen molar-refractivity contribution in [2.24, 2.45) is 0 Å². The molecule has 4 nitrogen and oxygen atoms in total. The Labute approximate surface area is 59.3 Å². The van der Waals surface area contributed by atoms with Crippen LogP contribution in [0.2, 0.25) is 0 Å². The summed E-state index contributed by atoms with van der Waals surface area (Å²) in [4.78, 5) is 10.6. The Bertz CT molecular complexity index is 137. The van der Waals surface area contributed by atoms with Crippen molar-refractivity contribution >= 4 is 5.97 Å². The van der Waals surface area contributed by atoms with Crippen molar-refractivity contribution in [3.63, 3.8) is 0 Å². The minimum atomic E-state index is -0.280. The van der Waals surface area contributed by atoms with Gasteiger partial charge in [0.1, 0.15) is 6.04 Å². The molecule has 0 spiro atoms. The molecule has 0 aromatic carbocycles. The minimum absolute atomic E-state index is 0.0348. The molecule has 1 saturated heterocycles. The number of ether oxygens (including phenoxy) is 1. The average Bonchev–Trinajstić information content (AvgIpc) is 1.96. The molecule has 0 radical (unpaired) electrons.